The van der Waals surface area contributed by atoms with Crippen molar-refractivity contribution in [1.29, 1.82) is 0 Å². The lowest BCUT2D eigenvalue weighted by molar-refractivity contribution is -0.274. The third kappa shape index (κ3) is 6.65. The molecule has 0 aromatic heterocycles. The van der Waals surface area contributed by atoms with Gasteiger partial charge in [0, 0.05) is 5.69 Å². The van der Waals surface area contributed by atoms with Crippen LogP contribution in [0.1, 0.15) is 51.9 Å². The SMILES string of the molecule is CCCCCCCCC1N=C(N)N=C(N)N1c1ccc(OC(F)(F)F)cc1. The number of guanidine groups is 2. The molecule has 2 rings (SSSR count). The maximum Gasteiger partial charge on any atom is 0.573 e. The van der Waals surface area contributed by atoms with Gasteiger partial charge in [-0.25, -0.2) is 4.99 Å². The van der Waals surface area contributed by atoms with E-state index < -0.39 is 6.36 Å². The van der Waals surface area contributed by atoms with Crippen LogP contribution in [0.15, 0.2) is 34.3 Å². The van der Waals surface area contributed by atoms with Gasteiger partial charge in [0.05, 0.1) is 0 Å². The van der Waals surface area contributed by atoms with Gasteiger partial charge in [0.2, 0.25) is 11.9 Å². The average Bonchev–Trinajstić information content (AvgIpc) is 2.57. The molecule has 9 heteroatoms. The van der Waals surface area contributed by atoms with Gasteiger partial charge in [0.15, 0.2) is 0 Å². The summed E-state index contributed by atoms with van der Waals surface area (Å²) in [5.74, 6) is -0.0195. The number of rotatable bonds is 9. The number of unbranched alkanes of at least 4 members (excludes halogenated alkanes) is 5. The number of ether oxygens (including phenoxy) is 1. The van der Waals surface area contributed by atoms with E-state index in [2.05, 4.69) is 21.6 Å². The summed E-state index contributed by atoms with van der Waals surface area (Å²) in [6.45, 7) is 2.17. The molecule has 1 aromatic rings. The predicted octanol–water partition coefficient (Wildman–Crippen LogP) is 4.11. The Morgan fingerprint density at radius 3 is 2.30 bits per heavy atom. The second-order valence-electron chi connectivity index (χ2n) is 6.41. The van der Waals surface area contributed by atoms with Crippen molar-refractivity contribution in [1.82, 2.24) is 0 Å². The second kappa shape index (κ2) is 9.48. The van der Waals surface area contributed by atoms with Gasteiger partial charge < -0.3 is 16.2 Å². The van der Waals surface area contributed by atoms with Gasteiger partial charge in [-0.05, 0) is 37.1 Å². The third-order valence-corrected chi connectivity index (χ3v) is 4.22. The Morgan fingerprint density at radius 2 is 1.67 bits per heavy atom. The Hall–Kier alpha value is -2.45. The first-order chi connectivity index (χ1) is 12.8. The highest BCUT2D eigenvalue weighted by molar-refractivity contribution is 6.04. The minimum atomic E-state index is -4.73. The molecule has 1 aliphatic heterocycles. The molecule has 1 aromatic carbocycles. The summed E-state index contributed by atoms with van der Waals surface area (Å²) < 4.78 is 40.8. The summed E-state index contributed by atoms with van der Waals surface area (Å²) in [4.78, 5) is 10.0. The molecule has 6 nitrogen and oxygen atoms in total. The largest absolute Gasteiger partial charge is 0.573 e. The Morgan fingerprint density at radius 1 is 1.04 bits per heavy atom. The summed E-state index contributed by atoms with van der Waals surface area (Å²) >= 11 is 0. The summed E-state index contributed by atoms with van der Waals surface area (Å²) in [6.07, 6.45) is 2.48. The normalized spacial score (nSPS) is 17.5. The van der Waals surface area contributed by atoms with Gasteiger partial charge >= 0.3 is 6.36 Å². The lowest BCUT2D eigenvalue weighted by Gasteiger charge is -2.32. The molecule has 0 saturated carbocycles. The molecule has 0 amide bonds. The van der Waals surface area contributed by atoms with Crippen LogP contribution in [-0.4, -0.2) is 24.4 Å². The molecule has 0 bridgehead atoms. The van der Waals surface area contributed by atoms with Gasteiger partial charge in [-0.15, -0.1) is 13.2 Å². The Labute approximate surface area is 157 Å². The Kier molecular flexibility index (Phi) is 7.32. The standard InChI is InChI=1S/C18H26F3N5O/c1-2-3-4-5-6-7-8-15-24-16(22)25-17(23)26(15)13-9-11-14(12-10-13)27-18(19,20)21/h9-12,15H,2-8H2,1H3,(H4,22,23,24,25). The van der Waals surface area contributed by atoms with Crippen molar-refractivity contribution >= 4 is 17.6 Å². The van der Waals surface area contributed by atoms with Crippen molar-refractivity contribution in [2.45, 2.75) is 64.4 Å². The number of anilines is 1. The van der Waals surface area contributed by atoms with Gasteiger partial charge in [-0.1, -0.05) is 39.0 Å². The number of aliphatic imine (C=N–C) groups is 2. The van der Waals surface area contributed by atoms with Gasteiger partial charge in [0.1, 0.15) is 11.9 Å². The first-order valence-corrected chi connectivity index (χ1v) is 9.12. The van der Waals surface area contributed by atoms with Gasteiger partial charge in [-0.2, -0.15) is 4.99 Å². The summed E-state index contributed by atoms with van der Waals surface area (Å²) in [6, 6.07) is 5.46. The number of hydrogen-bond acceptors (Lipinski definition) is 6. The molecule has 150 valence electrons. The summed E-state index contributed by atoms with van der Waals surface area (Å²) in [5, 5.41) is 0. The van der Waals surface area contributed by atoms with E-state index in [0.717, 1.165) is 25.7 Å². The molecular weight excluding hydrogens is 359 g/mol. The van der Waals surface area contributed by atoms with Crippen molar-refractivity contribution in [3.8, 4) is 5.75 Å². The van der Waals surface area contributed by atoms with E-state index in [1.165, 1.54) is 43.5 Å². The molecule has 0 fully saturated rings. The number of alkyl halides is 3. The van der Waals surface area contributed by atoms with Crippen LogP contribution in [0.3, 0.4) is 0 Å². The zero-order chi connectivity index (χ0) is 19.9. The van der Waals surface area contributed by atoms with E-state index in [9.17, 15) is 13.2 Å². The topological polar surface area (TPSA) is 89.2 Å². The third-order valence-electron chi connectivity index (χ3n) is 4.22. The first kappa shape index (κ1) is 20.9. The Bertz CT molecular complexity index is 658. The quantitative estimate of drug-likeness (QED) is 0.626. The minimum absolute atomic E-state index is 0.108. The van der Waals surface area contributed by atoms with Crippen LogP contribution in [0, 0.1) is 0 Å². The van der Waals surface area contributed by atoms with Crippen LogP contribution in [0.25, 0.3) is 0 Å². The fraction of sp³-hybridized carbons (Fsp3) is 0.556. The monoisotopic (exact) mass is 385 g/mol. The molecule has 27 heavy (non-hydrogen) atoms. The number of nitrogens with two attached hydrogens (primary N) is 2. The number of benzene rings is 1. The van der Waals surface area contributed by atoms with E-state index >= 15 is 0 Å². The fourth-order valence-corrected chi connectivity index (χ4v) is 2.98. The smallest absolute Gasteiger partial charge is 0.406 e. The van der Waals surface area contributed by atoms with E-state index in [1.807, 2.05) is 0 Å². The zero-order valence-corrected chi connectivity index (χ0v) is 15.4. The highest BCUT2D eigenvalue weighted by Gasteiger charge is 2.31. The molecular formula is C18H26F3N5O. The average molecular weight is 385 g/mol. The van der Waals surface area contributed by atoms with Crippen LogP contribution in [0.4, 0.5) is 18.9 Å². The summed E-state index contributed by atoms with van der Waals surface area (Å²) in [7, 11) is 0. The maximum atomic E-state index is 12.3. The Balaban J connectivity index is 2.03. The number of nitrogens with zero attached hydrogens (tertiary/aromatic N) is 3. The highest BCUT2D eigenvalue weighted by Crippen LogP contribution is 2.28. The molecule has 0 saturated heterocycles. The molecule has 0 aliphatic carbocycles. The fourth-order valence-electron chi connectivity index (χ4n) is 2.98. The molecule has 1 atom stereocenters. The van der Waals surface area contributed by atoms with Gasteiger partial charge in [0.25, 0.3) is 0 Å². The highest BCUT2D eigenvalue weighted by atomic mass is 19.4. The van der Waals surface area contributed by atoms with Crippen LogP contribution in [0.2, 0.25) is 0 Å². The first-order valence-electron chi connectivity index (χ1n) is 9.12. The molecule has 1 unspecified atom stereocenters. The van der Waals surface area contributed by atoms with Crippen molar-refractivity contribution in [3.05, 3.63) is 24.3 Å². The van der Waals surface area contributed by atoms with Crippen molar-refractivity contribution in [3.63, 3.8) is 0 Å². The van der Waals surface area contributed by atoms with E-state index in [0.29, 0.717) is 5.69 Å². The second-order valence-corrected chi connectivity index (χ2v) is 6.41. The van der Waals surface area contributed by atoms with Crippen LogP contribution >= 0.6 is 0 Å². The van der Waals surface area contributed by atoms with Gasteiger partial charge in [-0.3, -0.25) is 4.90 Å². The predicted molar refractivity (Wildman–Crippen MR) is 101 cm³/mol. The number of halogens is 3. The molecule has 1 aliphatic rings. The van der Waals surface area contributed by atoms with Crippen LogP contribution in [0.5, 0.6) is 5.75 Å². The molecule has 0 radical (unpaired) electrons. The minimum Gasteiger partial charge on any atom is -0.406 e. The molecule has 1 heterocycles. The van der Waals surface area contributed by atoms with Crippen LogP contribution in [-0.2, 0) is 0 Å². The van der Waals surface area contributed by atoms with E-state index in [1.54, 1.807) is 4.90 Å². The number of hydrogen-bond donors (Lipinski definition) is 2. The zero-order valence-electron chi connectivity index (χ0n) is 15.4. The van der Waals surface area contributed by atoms with Crippen LogP contribution < -0.4 is 21.1 Å². The van der Waals surface area contributed by atoms with Crippen molar-refractivity contribution < 1.29 is 17.9 Å². The maximum absolute atomic E-state index is 12.3. The van der Waals surface area contributed by atoms with Crippen molar-refractivity contribution in [2.75, 3.05) is 4.90 Å². The van der Waals surface area contributed by atoms with E-state index in [-0.39, 0.29) is 23.8 Å². The van der Waals surface area contributed by atoms with E-state index in [4.69, 9.17) is 11.5 Å². The lowest BCUT2D eigenvalue weighted by Crippen LogP contribution is -2.48. The summed E-state index contributed by atoms with van der Waals surface area (Å²) in [5.41, 5.74) is 12.3. The molecule has 4 N–H and O–H groups in total. The van der Waals surface area contributed by atoms with Crippen molar-refractivity contribution in [2.24, 2.45) is 21.5 Å². The lowest BCUT2D eigenvalue weighted by atomic mass is 10.1. The molecule has 0 spiro atoms.